The fourth-order valence-corrected chi connectivity index (χ4v) is 3.99. The van der Waals surface area contributed by atoms with E-state index in [0.29, 0.717) is 6.61 Å². The summed E-state index contributed by atoms with van der Waals surface area (Å²) in [5.74, 6) is 1.79. The van der Waals surface area contributed by atoms with E-state index >= 15 is 0 Å². The van der Waals surface area contributed by atoms with Crippen LogP contribution >= 0.6 is 11.3 Å². The van der Waals surface area contributed by atoms with E-state index < -0.39 is 0 Å². The maximum absolute atomic E-state index is 5.58. The van der Waals surface area contributed by atoms with Gasteiger partial charge in [0.05, 0.1) is 5.39 Å². The molecule has 0 spiro atoms. The van der Waals surface area contributed by atoms with Gasteiger partial charge >= 0.3 is 0 Å². The van der Waals surface area contributed by atoms with Crippen LogP contribution in [0.15, 0.2) is 0 Å². The van der Waals surface area contributed by atoms with Crippen LogP contribution in [-0.2, 0) is 24.2 Å². The Morgan fingerprint density at radius 1 is 1.25 bits per heavy atom. The summed E-state index contributed by atoms with van der Waals surface area (Å²) in [5.41, 5.74) is 1.47. The first kappa shape index (κ1) is 13.8. The van der Waals surface area contributed by atoms with E-state index in [9.17, 15) is 0 Å². The van der Waals surface area contributed by atoms with Gasteiger partial charge in [0.25, 0.3) is 0 Å². The molecule has 0 aromatic carbocycles. The quantitative estimate of drug-likeness (QED) is 0.827. The molecule has 1 aliphatic carbocycles. The van der Waals surface area contributed by atoms with Crippen LogP contribution in [0.5, 0.6) is 0 Å². The highest BCUT2D eigenvalue weighted by atomic mass is 32.1. The molecule has 4 nitrogen and oxygen atoms in total. The zero-order valence-electron chi connectivity index (χ0n) is 12.2. The van der Waals surface area contributed by atoms with Crippen molar-refractivity contribution in [2.45, 2.75) is 46.1 Å². The van der Waals surface area contributed by atoms with Gasteiger partial charge in [-0.05, 0) is 38.2 Å². The van der Waals surface area contributed by atoms with E-state index in [4.69, 9.17) is 9.72 Å². The molecule has 2 aromatic rings. The van der Waals surface area contributed by atoms with Crippen molar-refractivity contribution in [1.29, 1.82) is 0 Å². The predicted molar refractivity (Wildman–Crippen MR) is 83.6 cm³/mol. The molecule has 0 saturated carbocycles. The SMILES string of the molecule is CCCOCc1nc(NCC)c2c3c(sc2n1)CCC3. The minimum Gasteiger partial charge on any atom is -0.373 e. The highest BCUT2D eigenvalue weighted by Gasteiger charge is 2.22. The van der Waals surface area contributed by atoms with Crippen molar-refractivity contribution in [2.24, 2.45) is 0 Å². The Kier molecular flexibility index (Phi) is 4.17. The lowest BCUT2D eigenvalue weighted by molar-refractivity contribution is 0.116. The summed E-state index contributed by atoms with van der Waals surface area (Å²) in [6.07, 6.45) is 4.66. The first-order chi connectivity index (χ1) is 9.83. The number of aryl methyl sites for hydroxylation is 2. The second-order valence-corrected chi connectivity index (χ2v) is 6.19. The molecule has 0 unspecified atom stereocenters. The van der Waals surface area contributed by atoms with Gasteiger partial charge in [-0.15, -0.1) is 11.3 Å². The summed E-state index contributed by atoms with van der Waals surface area (Å²) in [7, 11) is 0. The largest absolute Gasteiger partial charge is 0.373 e. The van der Waals surface area contributed by atoms with Gasteiger partial charge in [0.15, 0.2) is 5.82 Å². The number of hydrogen-bond acceptors (Lipinski definition) is 5. The van der Waals surface area contributed by atoms with Gasteiger partial charge in [-0.2, -0.15) is 0 Å². The summed E-state index contributed by atoms with van der Waals surface area (Å²) in [5, 5.41) is 4.65. The molecule has 108 valence electrons. The van der Waals surface area contributed by atoms with E-state index in [0.717, 1.165) is 36.0 Å². The zero-order valence-corrected chi connectivity index (χ0v) is 13.0. The van der Waals surface area contributed by atoms with Crippen molar-refractivity contribution in [2.75, 3.05) is 18.5 Å². The molecule has 20 heavy (non-hydrogen) atoms. The van der Waals surface area contributed by atoms with E-state index in [1.165, 1.54) is 35.1 Å². The second-order valence-electron chi connectivity index (χ2n) is 5.11. The summed E-state index contributed by atoms with van der Waals surface area (Å²) in [6, 6.07) is 0. The van der Waals surface area contributed by atoms with Crippen molar-refractivity contribution in [3.63, 3.8) is 0 Å². The standard InChI is InChI=1S/C15H21N3OS/c1-3-8-19-9-12-17-14(16-4-2)13-10-6-5-7-11(10)20-15(13)18-12/h3-9H2,1-2H3,(H,16,17,18). The fourth-order valence-electron chi connectivity index (χ4n) is 2.71. The molecule has 0 saturated heterocycles. The van der Waals surface area contributed by atoms with Gasteiger partial charge in [0.1, 0.15) is 17.3 Å². The van der Waals surface area contributed by atoms with Crippen LogP contribution < -0.4 is 5.32 Å². The Bertz CT molecular complexity index is 609. The Balaban J connectivity index is 1.99. The van der Waals surface area contributed by atoms with E-state index in [1.54, 1.807) is 0 Å². The highest BCUT2D eigenvalue weighted by Crippen LogP contribution is 2.39. The monoisotopic (exact) mass is 291 g/mol. The highest BCUT2D eigenvalue weighted by molar-refractivity contribution is 7.19. The van der Waals surface area contributed by atoms with Crippen molar-refractivity contribution < 1.29 is 4.74 Å². The summed E-state index contributed by atoms with van der Waals surface area (Å²) in [4.78, 5) is 12.0. The summed E-state index contributed by atoms with van der Waals surface area (Å²) in [6.45, 7) is 6.36. The van der Waals surface area contributed by atoms with E-state index in [2.05, 4.69) is 24.1 Å². The number of nitrogens with one attached hydrogen (secondary N) is 1. The third-order valence-electron chi connectivity index (χ3n) is 3.53. The molecule has 2 heterocycles. The zero-order chi connectivity index (χ0) is 13.9. The topological polar surface area (TPSA) is 47.0 Å². The Morgan fingerprint density at radius 2 is 2.15 bits per heavy atom. The molecule has 3 rings (SSSR count). The van der Waals surface area contributed by atoms with Gasteiger partial charge < -0.3 is 10.1 Å². The molecule has 5 heteroatoms. The van der Waals surface area contributed by atoms with Crippen molar-refractivity contribution in [3.05, 3.63) is 16.3 Å². The number of ether oxygens (including phenoxy) is 1. The van der Waals surface area contributed by atoms with E-state index in [-0.39, 0.29) is 0 Å². The minimum atomic E-state index is 0.505. The first-order valence-corrected chi connectivity index (χ1v) is 8.27. The third-order valence-corrected chi connectivity index (χ3v) is 4.72. The third kappa shape index (κ3) is 2.52. The number of thiophene rings is 1. The lowest BCUT2D eigenvalue weighted by atomic mass is 10.2. The number of anilines is 1. The molecule has 0 fully saturated rings. The Hall–Kier alpha value is -1.20. The second kappa shape index (κ2) is 6.06. The number of fused-ring (bicyclic) bond motifs is 3. The number of hydrogen-bond donors (Lipinski definition) is 1. The minimum absolute atomic E-state index is 0.505. The van der Waals surface area contributed by atoms with Crippen LogP contribution in [0.1, 0.15) is 43.0 Å². The van der Waals surface area contributed by atoms with E-state index in [1.807, 2.05) is 11.3 Å². The lowest BCUT2D eigenvalue weighted by Crippen LogP contribution is -2.06. The molecule has 1 aliphatic rings. The fraction of sp³-hybridized carbons (Fsp3) is 0.600. The van der Waals surface area contributed by atoms with Crippen molar-refractivity contribution >= 4 is 27.4 Å². The van der Waals surface area contributed by atoms with Crippen LogP contribution in [0.25, 0.3) is 10.2 Å². The molecular weight excluding hydrogens is 270 g/mol. The molecule has 0 amide bonds. The van der Waals surface area contributed by atoms with Crippen LogP contribution in [0, 0.1) is 0 Å². The van der Waals surface area contributed by atoms with Crippen LogP contribution in [0.4, 0.5) is 5.82 Å². The summed E-state index contributed by atoms with van der Waals surface area (Å²) < 4.78 is 5.58. The average Bonchev–Trinajstić information content (AvgIpc) is 2.99. The summed E-state index contributed by atoms with van der Waals surface area (Å²) >= 11 is 1.83. The van der Waals surface area contributed by atoms with Crippen molar-refractivity contribution in [1.82, 2.24) is 9.97 Å². The van der Waals surface area contributed by atoms with Gasteiger partial charge in [0, 0.05) is 18.0 Å². The van der Waals surface area contributed by atoms with Crippen LogP contribution in [0.2, 0.25) is 0 Å². The van der Waals surface area contributed by atoms with Gasteiger partial charge in [-0.1, -0.05) is 6.92 Å². The molecule has 0 radical (unpaired) electrons. The molecular formula is C15H21N3OS. The average molecular weight is 291 g/mol. The van der Waals surface area contributed by atoms with Gasteiger partial charge in [-0.3, -0.25) is 0 Å². The van der Waals surface area contributed by atoms with Crippen LogP contribution in [0.3, 0.4) is 0 Å². The maximum Gasteiger partial charge on any atom is 0.158 e. The molecule has 0 bridgehead atoms. The molecule has 0 atom stereocenters. The molecule has 1 N–H and O–H groups in total. The predicted octanol–water partition coefficient (Wildman–Crippen LogP) is 3.54. The maximum atomic E-state index is 5.58. The normalized spacial score (nSPS) is 13.9. The van der Waals surface area contributed by atoms with Crippen LogP contribution in [-0.4, -0.2) is 23.1 Å². The Labute approximate surface area is 123 Å². The molecule has 2 aromatic heterocycles. The lowest BCUT2D eigenvalue weighted by Gasteiger charge is -2.08. The molecule has 0 aliphatic heterocycles. The number of rotatable bonds is 6. The van der Waals surface area contributed by atoms with Crippen molar-refractivity contribution in [3.8, 4) is 0 Å². The number of aromatic nitrogens is 2. The van der Waals surface area contributed by atoms with Gasteiger partial charge in [-0.25, -0.2) is 9.97 Å². The number of nitrogens with zero attached hydrogens (tertiary/aromatic N) is 2. The Morgan fingerprint density at radius 3 is 2.95 bits per heavy atom. The van der Waals surface area contributed by atoms with Gasteiger partial charge in [0.2, 0.25) is 0 Å². The first-order valence-electron chi connectivity index (χ1n) is 7.46. The smallest absolute Gasteiger partial charge is 0.158 e.